The lowest BCUT2D eigenvalue weighted by atomic mass is 9.88. The second-order valence-electron chi connectivity index (χ2n) is 35.3. The van der Waals surface area contributed by atoms with Crippen LogP contribution in [0.1, 0.15) is 73.6 Å². The third kappa shape index (κ3) is 28.0. The number of aliphatic hydroxyl groups is 30. The minimum atomic E-state index is -3.04. The first-order valence-corrected chi connectivity index (χ1v) is 44.1. The molecule has 53 atom stereocenters. The Kier molecular flexibility index (Phi) is 45.7. The van der Waals surface area contributed by atoms with E-state index in [-0.39, 0.29) is 6.61 Å². The highest BCUT2D eigenvalue weighted by Gasteiger charge is 2.61. The van der Waals surface area contributed by atoms with Gasteiger partial charge in [-0.3, -0.25) is 0 Å². The van der Waals surface area contributed by atoms with Gasteiger partial charge in [0.15, 0.2) is 50.3 Å². The Balaban J connectivity index is 1.03. The van der Waals surface area contributed by atoms with Gasteiger partial charge in [0.2, 0.25) is 0 Å². The predicted molar refractivity (Wildman–Crippen MR) is 431 cm³/mol. The molecule has 2 radical (unpaired) electrons. The van der Waals surface area contributed by atoms with Crippen molar-refractivity contribution in [2.45, 2.75) is 374 Å². The molecule has 788 valence electrons. The van der Waals surface area contributed by atoms with Crippen LogP contribution in [0.15, 0.2) is 0 Å². The van der Waals surface area contributed by atoms with Crippen molar-refractivity contribution in [3.05, 3.63) is 0 Å². The molecule has 56 nitrogen and oxygen atoms in total. The number of hydrogen-bond acceptors (Lipinski definition) is 54. The second-order valence-corrected chi connectivity index (χ2v) is 35.3. The van der Waals surface area contributed by atoms with Gasteiger partial charge < -0.3 is 270 Å². The largest absolute Gasteiger partial charge is 0.477 e. The van der Waals surface area contributed by atoms with Gasteiger partial charge in [-0.25, -0.2) is 9.59 Å². The molecule has 8 fully saturated rings. The Morgan fingerprint density at radius 3 is 1.49 bits per heavy atom. The summed E-state index contributed by atoms with van der Waals surface area (Å²) in [7, 11) is 5.39. The average Bonchev–Trinajstić information content (AvgIpc) is 0.772. The minimum absolute atomic E-state index is 0.316. The summed E-state index contributed by atoms with van der Waals surface area (Å²) < 4.78 is 117. The fourth-order valence-corrected chi connectivity index (χ4v) is 16.9. The normalized spacial score (nSPS) is 42.7. The standard InChI is InChI=1S/C78H139BN2O54/c1-24-28(5)120-43(23-119-79)64(45(24)96)130-70-25(2)46(97)61(38(18-86)122-70)128-67(110)58(109)59(127-68(111)66(50(101)32(90)7-9-82)133-71-27(4)48(99)63(40(20-88)124-71)132-72-56(107)54(105)52(103)41(125-72)21-117-77(75(112)113,12-30(89)14-80)134-29(6)49(100)36(94)16-84)33(91)8-10-116-74-60(34(92)11-31(15-83)121-74)129-69-26(3)47(98)62(39(19-87)123-69)131-73-57(108)55(106)53(104)42(126-73)22-118-78(76(114)115)13-35(93)44(81)65(135-78)51(102)37(95)17-85/h24-74,82-111H,7-23,80-81H2,1-6H3,(H,112,113)(H,114,115)/t24-,25+,26+,27+,28?,29?,30-,31?,32+,33-,34-,35-,36-,37-,38?,39?,40?,41?,42?,43?,44-,45-,46-,47-,48-,49-,50-,51+,52?,53?,54-,55-,56+,57+,58-,59+,60-,61?,62-,63?,64?,65?,66+,67?,68?,69?,70?,71?,72?,73?,74?,77?,78?/m1/s1. The molecule has 0 aromatic rings. The van der Waals surface area contributed by atoms with Crippen LogP contribution in [0.5, 0.6) is 0 Å². The Morgan fingerprint density at radius 1 is 0.481 bits per heavy atom. The van der Waals surface area contributed by atoms with Crippen molar-refractivity contribution in [2.75, 3.05) is 79.2 Å². The van der Waals surface area contributed by atoms with E-state index in [0.29, 0.717) is 0 Å². The van der Waals surface area contributed by atoms with Crippen molar-refractivity contribution in [1.29, 1.82) is 0 Å². The van der Waals surface area contributed by atoms with E-state index in [0.717, 1.165) is 13.8 Å². The number of aliphatic carboxylic acids is 2. The van der Waals surface area contributed by atoms with Crippen LogP contribution in [0, 0.1) is 23.7 Å². The predicted octanol–water partition coefficient (Wildman–Crippen LogP) is -18.7. The molecule has 0 amide bonds. The Morgan fingerprint density at radius 2 is 0.978 bits per heavy atom. The van der Waals surface area contributed by atoms with Crippen LogP contribution in [0.2, 0.25) is 0 Å². The van der Waals surface area contributed by atoms with Crippen LogP contribution in [0.25, 0.3) is 0 Å². The highest BCUT2D eigenvalue weighted by Crippen LogP contribution is 2.42. The third-order valence-corrected chi connectivity index (χ3v) is 25.7. The first kappa shape index (κ1) is 117. The van der Waals surface area contributed by atoms with Gasteiger partial charge in [-0.2, -0.15) is 0 Å². The summed E-state index contributed by atoms with van der Waals surface area (Å²) in [5.41, 5.74) is 11.5. The van der Waals surface area contributed by atoms with E-state index in [1.54, 1.807) is 13.8 Å². The van der Waals surface area contributed by atoms with Gasteiger partial charge in [0.25, 0.3) is 19.6 Å². The first-order chi connectivity index (χ1) is 63.5. The van der Waals surface area contributed by atoms with Crippen LogP contribution in [-0.2, 0) is 104 Å². The van der Waals surface area contributed by atoms with Crippen molar-refractivity contribution in [2.24, 2.45) is 35.1 Å². The number of ether oxygens (including phenoxy) is 19. The fourth-order valence-electron chi connectivity index (χ4n) is 16.9. The molecule has 25 unspecified atom stereocenters. The van der Waals surface area contributed by atoms with E-state index in [4.69, 9.17) is 114 Å². The molecule has 0 saturated carbocycles. The topological polar surface area (TPSA) is 918 Å². The summed E-state index contributed by atoms with van der Waals surface area (Å²) in [5, 5.41) is 354. The smallest absolute Gasteiger partial charge is 0.364 e. The van der Waals surface area contributed by atoms with Gasteiger partial charge in [-0.15, -0.1) is 0 Å². The quantitative estimate of drug-likeness (QED) is 0.0199. The van der Waals surface area contributed by atoms with Crippen molar-refractivity contribution < 1.29 is 268 Å². The number of rotatable bonds is 51. The Labute approximate surface area is 773 Å². The average molecular weight is 1980 g/mol. The number of carboxylic acids is 2. The molecule has 8 rings (SSSR count). The summed E-state index contributed by atoms with van der Waals surface area (Å²) in [6.07, 6.45) is -94.6. The van der Waals surface area contributed by atoms with E-state index >= 15 is 0 Å². The van der Waals surface area contributed by atoms with Crippen molar-refractivity contribution >= 4 is 20.0 Å². The zero-order valence-corrected chi connectivity index (χ0v) is 74.5. The monoisotopic (exact) mass is 1980 g/mol. The molecule has 8 aliphatic heterocycles. The molecule has 57 heteroatoms. The molecule has 0 aromatic carbocycles. The van der Waals surface area contributed by atoms with Gasteiger partial charge in [-0.05, 0) is 26.7 Å². The molecule has 0 aromatic heterocycles. The number of carboxylic acid groups (broad SMARTS) is 2. The van der Waals surface area contributed by atoms with Gasteiger partial charge in [0.05, 0.1) is 145 Å². The number of aliphatic hydroxyl groups excluding tert-OH is 30. The lowest BCUT2D eigenvalue weighted by molar-refractivity contribution is -0.376. The number of hydrogen-bond donors (Lipinski definition) is 34. The van der Waals surface area contributed by atoms with Crippen LogP contribution < -0.4 is 11.5 Å². The molecule has 135 heavy (non-hydrogen) atoms. The molecule has 0 spiro atoms. The Bertz CT molecular complexity index is 3450. The van der Waals surface area contributed by atoms with E-state index in [9.17, 15) is 173 Å². The lowest BCUT2D eigenvalue weighted by Crippen LogP contribution is -2.67. The molecular formula is C78H139BN2O54. The summed E-state index contributed by atoms with van der Waals surface area (Å²) in [5.74, 6) is -14.7. The molecule has 0 bridgehead atoms. The van der Waals surface area contributed by atoms with E-state index in [1.165, 1.54) is 13.8 Å². The van der Waals surface area contributed by atoms with Crippen molar-refractivity contribution in [1.82, 2.24) is 0 Å². The SMILES string of the molecule is [B]OCC1OC(C)[C@@H](C)[C@@H](O)C1OC1OC(CO)C(OC(O)[C@H](O)[C@@H](OC(O)[C@@H](OC2OC(CO)C(OC3OC(COC(C[C@@H](O)CN)(OC(C)[C@@H](O)[C@H](O)CO)C(=O)O)C(O)[C@@H](O)[C@@H]3O)[C@H](O)[C@@H]2C)[C@H](O)[C@@H](O)CCO)[C@H](O)CCOC2OC(CO)C[C@@H](O)[C@H]2OC2OC(CO)[C@@H](OC3OC(COC4(C(=O)O)C[C@@H](O)[C@@H](N)C([C@@H](O)[C@H](O)CO)O4)C(O)[C@@H](O)[C@@H]3O)[C@H](O)[C@@H]2C)[C@H](O)[C@@H]1C. The molecule has 0 aliphatic carbocycles. The molecule has 8 aliphatic rings. The Hall–Kier alpha value is -3.08. The summed E-state index contributed by atoms with van der Waals surface area (Å²) in [6.45, 7) is -3.08. The molecule has 8 heterocycles. The van der Waals surface area contributed by atoms with Gasteiger partial charge in [0, 0.05) is 56.1 Å². The maximum atomic E-state index is 13.0. The van der Waals surface area contributed by atoms with Crippen LogP contribution in [0.4, 0.5) is 0 Å². The van der Waals surface area contributed by atoms with Crippen LogP contribution >= 0.6 is 0 Å². The van der Waals surface area contributed by atoms with Gasteiger partial charge >= 0.3 is 11.9 Å². The van der Waals surface area contributed by atoms with Gasteiger partial charge in [-0.1, -0.05) is 27.7 Å². The van der Waals surface area contributed by atoms with E-state index < -0.39 is 440 Å². The maximum Gasteiger partial charge on any atom is 0.364 e. The maximum absolute atomic E-state index is 13.0. The lowest BCUT2D eigenvalue weighted by Gasteiger charge is -2.48. The highest BCUT2D eigenvalue weighted by atomic mass is 16.8. The first-order valence-electron chi connectivity index (χ1n) is 44.1. The molecule has 8 saturated heterocycles. The summed E-state index contributed by atoms with van der Waals surface area (Å²) >= 11 is 0. The second kappa shape index (κ2) is 52.6. The zero-order chi connectivity index (χ0) is 101. The van der Waals surface area contributed by atoms with E-state index in [2.05, 4.69) is 0 Å². The summed E-state index contributed by atoms with van der Waals surface area (Å²) in [4.78, 5) is 25.8. The van der Waals surface area contributed by atoms with Crippen LogP contribution in [-0.4, -0.2) is 563 Å². The third-order valence-electron chi connectivity index (χ3n) is 25.7. The van der Waals surface area contributed by atoms with Crippen molar-refractivity contribution in [3.63, 3.8) is 0 Å². The number of carbonyl (C=O) groups is 2. The molecule has 36 N–H and O–H groups in total. The highest BCUT2D eigenvalue weighted by molar-refractivity contribution is 5.97. The fraction of sp³-hybridized carbons (Fsp3) is 0.974. The minimum Gasteiger partial charge on any atom is -0.477 e. The number of nitrogens with two attached hydrogens (primary N) is 2. The summed E-state index contributed by atoms with van der Waals surface area (Å²) in [6, 6.07) is -1.57. The van der Waals surface area contributed by atoms with Crippen LogP contribution in [0.3, 0.4) is 0 Å². The van der Waals surface area contributed by atoms with E-state index in [1.807, 2.05) is 0 Å². The van der Waals surface area contributed by atoms with Crippen molar-refractivity contribution in [3.8, 4) is 0 Å². The zero-order valence-electron chi connectivity index (χ0n) is 74.5. The van der Waals surface area contributed by atoms with Gasteiger partial charge in [0.1, 0.15) is 159 Å². The molecular weight excluding hydrogens is 1840 g/mol.